The van der Waals surface area contributed by atoms with Gasteiger partial charge in [0.05, 0.1) is 12.8 Å². The number of carbonyl (C=O) groups excluding carboxylic acids is 1. The molecule has 0 saturated carbocycles. The molecule has 20 heavy (non-hydrogen) atoms. The van der Waals surface area contributed by atoms with Gasteiger partial charge in [0, 0.05) is 17.6 Å². The van der Waals surface area contributed by atoms with Crippen LogP contribution in [0.1, 0.15) is 25.8 Å². The molecule has 6 heteroatoms. The van der Waals surface area contributed by atoms with Gasteiger partial charge in [-0.05, 0) is 31.5 Å². The van der Waals surface area contributed by atoms with Gasteiger partial charge in [-0.25, -0.2) is 4.39 Å². The Morgan fingerprint density at radius 2 is 2.05 bits per heavy atom. The monoisotopic (exact) mass is 301 g/mol. The molecule has 1 aromatic rings. The van der Waals surface area contributed by atoms with Gasteiger partial charge in [0.2, 0.25) is 5.91 Å². The zero-order chi connectivity index (χ0) is 15.3. The zero-order valence-electron chi connectivity index (χ0n) is 11.4. The molecule has 0 fully saturated rings. The Morgan fingerprint density at radius 1 is 1.40 bits per heavy atom. The second-order valence-corrected chi connectivity index (χ2v) is 5.14. The largest absolute Gasteiger partial charge is 0.481 e. The van der Waals surface area contributed by atoms with Crippen molar-refractivity contribution in [2.45, 2.75) is 32.7 Å². The van der Waals surface area contributed by atoms with Crippen LogP contribution in [-0.2, 0) is 16.0 Å². The van der Waals surface area contributed by atoms with Crippen molar-refractivity contribution in [3.05, 3.63) is 34.6 Å². The van der Waals surface area contributed by atoms with E-state index in [2.05, 4.69) is 0 Å². The summed E-state index contributed by atoms with van der Waals surface area (Å²) < 4.78 is 12.9. The van der Waals surface area contributed by atoms with E-state index in [1.54, 1.807) is 0 Å². The minimum atomic E-state index is -0.955. The fourth-order valence-corrected chi connectivity index (χ4v) is 2.05. The molecule has 1 aromatic carbocycles. The van der Waals surface area contributed by atoms with Crippen molar-refractivity contribution in [2.24, 2.45) is 0 Å². The molecule has 0 unspecified atom stereocenters. The Kier molecular flexibility index (Phi) is 5.95. The summed E-state index contributed by atoms with van der Waals surface area (Å²) in [4.78, 5) is 24.3. The number of rotatable bonds is 6. The predicted molar refractivity (Wildman–Crippen MR) is 74.2 cm³/mol. The normalized spacial score (nSPS) is 10.7. The highest BCUT2D eigenvalue weighted by Gasteiger charge is 2.19. The van der Waals surface area contributed by atoms with Gasteiger partial charge in [0.25, 0.3) is 0 Å². The van der Waals surface area contributed by atoms with E-state index < -0.39 is 11.8 Å². The van der Waals surface area contributed by atoms with Gasteiger partial charge < -0.3 is 10.0 Å². The molecule has 110 valence electrons. The average Bonchev–Trinajstić information content (AvgIpc) is 2.32. The Balaban J connectivity index is 2.77. The fourth-order valence-electron chi connectivity index (χ4n) is 1.82. The number of nitrogens with zero attached hydrogens (tertiary/aromatic N) is 1. The predicted octanol–water partition coefficient (Wildman–Crippen LogP) is 2.73. The van der Waals surface area contributed by atoms with Crippen LogP contribution in [0.2, 0.25) is 5.02 Å². The highest BCUT2D eigenvalue weighted by molar-refractivity contribution is 6.31. The molecule has 0 saturated heterocycles. The molecule has 0 heterocycles. The van der Waals surface area contributed by atoms with E-state index in [-0.39, 0.29) is 36.4 Å². The lowest BCUT2D eigenvalue weighted by Gasteiger charge is -2.26. The first-order chi connectivity index (χ1) is 9.31. The highest BCUT2D eigenvalue weighted by Crippen LogP contribution is 2.19. The Bertz CT molecular complexity index is 505. The van der Waals surface area contributed by atoms with Crippen LogP contribution in [-0.4, -0.2) is 34.5 Å². The second kappa shape index (κ2) is 7.24. The van der Waals surface area contributed by atoms with Gasteiger partial charge in [-0.15, -0.1) is 0 Å². The minimum Gasteiger partial charge on any atom is -0.481 e. The summed E-state index contributed by atoms with van der Waals surface area (Å²) in [5, 5.41) is 8.88. The summed E-state index contributed by atoms with van der Waals surface area (Å²) in [5.41, 5.74) is 0.527. The van der Waals surface area contributed by atoms with Gasteiger partial charge in [-0.3, -0.25) is 9.59 Å². The van der Waals surface area contributed by atoms with Crippen LogP contribution >= 0.6 is 11.6 Å². The summed E-state index contributed by atoms with van der Waals surface area (Å²) in [5.74, 6) is -1.64. The van der Waals surface area contributed by atoms with Crippen molar-refractivity contribution >= 4 is 23.5 Å². The van der Waals surface area contributed by atoms with E-state index in [1.165, 1.54) is 17.0 Å². The highest BCUT2D eigenvalue weighted by atomic mass is 35.5. The van der Waals surface area contributed by atoms with E-state index in [9.17, 15) is 14.0 Å². The molecule has 0 radical (unpaired) electrons. The minimum absolute atomic E-state index is 0.0247. The SMILES string of the molecule is CC(C)N(CCC(=O)O)C(=O)Cc1ccc(F)cc1Cl. The number of aliphatic carboxylic acids is 1. The summed E-state index contributed by atoms with van der Waals surface area (Å²) in [7, 11) is 0. The number of benzene rings is 1. The van der Waals surface area contributed by atoms with Crippen LogP contribution in [0.4, 0.5) is 4.39 Å². The van der Waals surface area contributed by atoms with Crippen molar-refractivity contribution < 1.29 is 19.1 Å². The smallest absolute Gasteiger partial charge is 0.305 e. The molecule has 0 aliphatic carbocycles. The van der Waals surface area contributed by atoms with Gasteiger partial charge in [0.1, 0.15) is 5.82 Å². The number of carboxylic acid groups (broad SMARTS) is 1. The van der Waals surface area contributed by atoms with E-state index in [0.29, 0.717) is 5.56 Å². The Morgan fingerprint density at radius 3 is 2.55 bits per heavy atom. The topological polar surface area (TPSA) is 57.6 Å². The first kappa shape index (κ1) is 16.4. The molecule has 4 nitrogen and oxygen atoms in total. The summed E-state index contributed by atoms with van der Waals surface area (Å²) in [6.07, 6.45) is -0.0853. The lowest BCUT2D eigenvalue weighted by atomic mass is 10.1. The van der Waals surface area contributed by atoms with Gasteiger partial charge in [-0.1, -0.05) is 17.7 Å². The number of amides is 1. The molecule has 0 spiro atoms. The van der Waals surface area contributed by atoms with Crippen LogP contribution in [0, 0.1) is 5.82 Å². The number of hydrogen-bond donors (Lipinski definition) is 1. The van der Waals surface area contributed by atoms with Crippen LogP contribution in [0.15, 0.2) is 18.2 Å². The van der Waals surface area contributed by atoms with Crippen molar-refractivity contribution in [3.8, 4) is 0 Å². The molecule has 0 aromatic heterocycles. The van der Waals surface area contributed by atoms with Gasteiger partial charge in [-0.2, -0.15) is 0 Å². The maximum absolute atomic E-state index is 12.9. The van der Waals surface area contributed by atoms with Crippen molar-refractivity contribution in [1.82, 2.24) is 4.90 Å². The average molecular weight is 302 g/mol. The van der Waals surface area contributed by atoms with Crippen LogP contribution in [0.3, 0.4) is 0 Å². The third-order valence-corrected chi connectivity index (χ3v) is 3.22. The summed E-state index contributed by atoms with van der Waals surface area (Å²) >= 11 is 5.88. The molecule has 0 atom stereocenters. The molecule has 1 N–H and O–H groups in total. The molecular weight excluding hydrogens is 285 g/mol. The van der Waals surface area contributed by atoms with Gasteiger partial charge in [0.15, 0.2) is 0 Å². The standard InChI is InChI=1S/C14H17ClFNO3/c1-9(2)17(6-5-14(19)20)13(18)7-10-3-4-11(16)8-12(10)15/h3-4,8-9H,5-7H2,1-2H3,(H,19,20). The van der Waals surface area contributed by atoms with E-state index in [4.69, 9.17) is 16.7 Å². The van der Waals surface area contributed by atoms with Crippen LogP contribution in [0.25, 0.3) is 0 Å². The van der Waals surface area contributed by atoms with E-state index in [0.717, 1.165) is 6.07 Å². The van der Waals surface area contributed by atoms with Gasteiger partial charge >= 0.3 is 5.97 Å². The zero-order valence-corrected chi connectivity index (χ0v) is 12.2. The Labute approximate surface area is 122 Å². The molecule has 0 aliphatic rings. The number of carbonyl (C=O) groups is 2. The quantitative estimate of drug-likeness (QED) is 0.879. The van der Waals surface area contributed by atoms with Crippen LogP contribution < -0.4 is 0 Å². The van der Waals surface area contributed by atoms with Crippen molar-refractivity contribution in [1.29, 1.82) is 0 Å². The van der Waals surface area contributed by atoms with Crippen LogP contribution in [0.5, 0.6) is 0 Å². The van der Waals surface area contributed by atoms with E-state index in [1.807, 2.05) is 13.8 Å². The fraction of sp³-hybridized carbons (Fsp3) is 0.429. The number of halogens is 2. The van der Waals surface area contributed by atoms with E-state index >= 15 is 0 Å². The second-order valence-electron chi connectivity index (χ2n) is 4.74. The molecule has 1 amide bonds. The van der Waals surface area contributed by atoms with Crippen molar-refractivity contribution in [2.75, 3.05) is 6.54 Å². The summed E-state index contributed by atoms with van der Waals surface area (Å²) in [6.45, 7) is 3.77. The molecule has 1 rings (SSSR count). The van der Waals surface area contributed by atoms with Crippen molar-refractivity contribution in [3.63, 3.8) is 0 Å². The maximum atomic E-state index is 12.9. The lowest BCUT2D eigenvalue weighted by molar-refractivity contribution is -0.139. The third-order valence-electron chi connectivity index (χ3n) is 2.87. The Hall–Kier alpha value is -1.62. The molecule has 0 aliphatic heterocycles. The third kappa shape index (κ3) is 4.81. The number of hydrogen-bond acceptors (Lipinski definition) is 2. The maximum Gasteiger partial charge on any atom is 0.305 e. The summed E-state index contributed by atoms with van der Waals surface area (Å²) in [6, 6.07) is 3.75. The number of carboxylic acids is 1. The molecule has 0 bridgehead atoms. The molecular formula is C14H17ClFNO3. The first-order valence-corrected chi connectivity index (χ1v) is 6.64. The first-order valence-electron chi connectivity index (χ1n) is 6.26. The lowest BCUT2D eigenvalue weighted by Crippen LogP contribution is -2.39.